The number of nitrogens with zero attached hydrogens (tertiary/aromatic N) is 1. The van der Waals surface area contributed by atoms with Crippen LogP contribution in [0.1, 0.15) is 25.1 Å². The molecule has 3 rings (SSSR count). The van der Waals surface area contributed by atoms with E-state index in [2.05, 4.69) is 15.0 Å². The summed E-state index contributed by atoms with van der Waals surface area (Å²) in [5.41, 5.74) is 0.505. The number of hydrogen-bond acceptors (Lipinski definition) is 4. The zero-order valence-electron chi connectivity index (χ0n) is 15.6. The predicted molar refractivity (Wildman–Crippen MR) is 95.8 cm³/mol. The minimum Gasteiger partial charge on any atom is -0.493 e. The first-order chi connectivity index (χ1) is 13.7. The van der Waals surface area contributed by atoms with Crippen LogP contribution in [0.5, 0.6) is 11.5 Å². The molecule has 1 aromatic carbocycles. The lowest BCUT2D eigenvalue weighted by Gasteiger charge is -2.14. The van der Waals surface area contributed by atoms with Crippen molar-refractivity contribution in [3.05, 3.63) is 54.1 Å². The number of halogens is 4. The molecule has 156 valence electrons. The molecule has 1 aliphatic carbocycles. The van der Waals surface area contributed by atoms with Crippen LogP contribution in [0.15, 0.2) is 42.6 Å². The molecule has 1 aromatic heterocycles. The second kappa shape index (κ2) is 8.67. The molecule has 1 fully saturated rings. The molecule has 0 spiro atoms. The topological polar surface area (TPSA) is 60.5 Å². The van der Waals surface area contributed by atoms with Crippen molar-refractivity contribution in [1.29, 1.82) is 0 Å². The molecule has 1 saturated carbocycles. The van der Waals surface area contributed by atoms with E-state index in [1.165, 1.54) is 30.5 Å². The third kappa shape index (κ3) is 6.33. The highest BCUT2D eigenvalue weighted by molar-refractivity contribution is 5.81. The van der Waals surface area contributed by atoms with Crippen LogP contribution in [0.3, 0.4) is 0 Å². The summed E-state index contributed by atoms with van der Waals surface area (Å²) in [4.78, 5) is 16.4. The lowest BCUT2D eigenvalue weighted by molar-refractivity contribution is -0.153. The predicted octanol–water partition coefficient (Wildman–Crippen LogP) is 4.05. The van der Waals surface area contributed by atoms with E-state index in [9.17, 15) is 22.4 Å². The molecule has 0 bridgehead atoms. The third-order valence-electron chi connectivity index (χ3n) is 4.48. The number of carbonyl (C=O) groups excluding carboxylic acids is 1. The molecule has 3 atom stereocenters. The van der Waals surface area contributed by atoms with E-state index in [4.69, 9.17) is 4.74 Å². The average Bonchev–Trinajstić information content (AvgIpc) is 3.44. The summed E-state index contributed by atoms with van der Waals surface area (Å²) in [5, 5.41) is 2.83. The van der Waals surface area contributed by atoms with Crippen molar-refractivity contribution in [3.63, 3.8) is 0 Å². The Morgan fingerprint density at radius 3 is 2.69 bits per heavy atom. The van der Waals surface area contributed by atoms with E-state index in [1.807, 2.05) is 0 Å². The van der Waals surface area contributed by atoms with Crippen LogP contribution in [0.4, 0.5) is 17.6 Å². The SMILES string of the molecule is C[C@@H](NC(=O)C1C[C@@H]1COc1cccc(F)c1)c1ccc(OCC(F)(F)F)cn1. The van der Waals surface area contributed by atoms with Gasteiger partial charge in [-0.15, -0.1) is 0 Å². The second-order valence-corrected chi connectivity index (χ2v) is 6.92. The number of pyridine rings is 1. The lowest BCUT2D eigenvalue weighted by Crippen LogP contribution is -2.29. The maximum atomic E-state index is 13.1. The van der Waals surface area contributed by atoms with Gasteiger partial charge in [0.1, 0.15) is 17.3 Å². The van der Waals surface area contributed by atoms with Crippen molar-refractivity contribution in [2.24, 2.45) is 11.8 Å². The van der Waals surface area contributed by atoms with Gasteiger partial charge in [0.2, 0.25) is 5.91 Å². The molecule has 1 N–H and O–H groups in total. The Hall–Kier alpha value is -2.84. The van der Waals surface area contributed by atoms with Crippen molar-refractivity contribution in [1.82, 2.24) is 10.3 Å². The third-order valence-corrected chi connectivity index (χ3v) is 4.48. The number of benzene rings is 1. The van der Waals surface area contributed by atoms with E-state index < -0.39 is 18.8 Å². The van der Waals surface area contributed by atoms with E-state index in [1.54, 1.807) is 19.1 Å². The Morgan fingerprint density at radius 1 is 1.24 bits per heavy atom. The van der Waals surface area contributed by atoms with Crippen molar-refractivity contribution in [3.8, 4) is 11.5 Å². The molecule has 5 nitrogen and oxygen atoms in total. The maximum absolute atomic E-state index is 13.1. The summed E-state index contributed by atoms with van der Waals surface area (Å²) in [6, 6.07) is 8.28. The Bertz CT molecular complexity index is 842. The molecule has 2 aromatic rings. The Morgan fingerprint density at radius 2 is 2.03 bits per heavy atom. The fraction of sp³-hybridized carbons (Fsp3) is 0.400. The van der Waals surface area contributed by atoms with Crippen LogP contribution in [0, 0.1) is 17.7 Å². The molecule has 0 radical (unpaired) electrons. The monoisotopic (exact) mass is 412 g/mol. The normalized spacial score (nSPS) is 19.3. The number of amides is 1. The fourth-order valence-corrected chi connectivity index (χ4v) is 2.81. The van der Waals surface area contributed by atoms with E-state index in [0.29, 0.717) is 24.5 Å². The van der Waals surface area contributed by atoms with Crippen LogP contribution in [0.2, 0.25) is 0 Å². The smallest absolute Gasteiger partial charge is 0.422 e. The first kappa shape index (κ1) is 20.9. The second-order valence-electron chi connectivity index (χ2n) is 6.92. The van der Waals surface area contributed by atoms with Crippen LogP contribution < -0.4 is 14.8 Å². The molecule has 29 heavy (non-hydrogen) atoms. The average molecular weight is 412 g/mol. The van der Waals surface area contributed by atoms with Crippen molar-refractivity contribution in [2.45, 2.75) is 25.6 Å². The summed E-state index contributed by atoms with van der Waals surface area (Å²) < 4.78 is 59.7. The van der Waals surface area contributed by atoms with Gasteiger partial charge in [0.15, 0.2) is 6.61 Å². The highest BCUT2D eigenvalue weighted by atomic mass is 19.4. The van der Waals surface area contributed by atoms with Gasteiger partial charge in [0, 0.05) is 17.9 Å². The minimum atomic E-state index is -4.42. The fourth-order valence-electron chi connectivity index (χ4n) is 2.81. The summed E-state index contributed by atoms with van der Waals surface area (Å²) in [7, 11) is 0. The molecular formula is C20H20F4N2O3. The standard InChI is InChI=1S/C20H20F4N2O3/c1-12(18-6-5-16(9-25-18)29-11-20(22,23)24)26-19(27)17-7-13(17)10-28-15-4-2-3-14(21)8-15/h2-6,8-9,12-13,17H,7,10-11H2,1H3,(H,26,27)/t12-,13-,17?/m1/s1. The van der Waals surface area contributed by atoms with Gasteiger partial charge < -0.3 is 14.8 Å². The quantitative estimate of drug-likeness (QED) is 0.665. The van der Waals surface area contributed by atoms with E-state index in [-0.39, 0.29) is 29.3 Å². The minimum absolute atomic E-state index is 0.00126. The highest BCUT2D eigenvalue weighted by Gasteiger charge is 2.43. The summed E-state index contributed by atoms with van der Waals surface area (Å²) in [6.45, 7) is 0.664. The summed E-state index contributed by atoms with van der Waals surface area (Å²) >= 11 is 0. The highest BCUT2D eigenvalue weighted by Crippen LogP contribution is 2.39. The van der Waals surface area contributed by atoms with Crippen molar-refractivity contribution < 1.29 is 31.8 Å². The van der Waals surface area contributed by atoms with Gasteiger partial charge in [0.05, 0.1) is 24.5 Å². The van der Waals surface area contributed by atoms with Gasteiger partial charge in [0.25, 0.3) is 0 Å². The lowest BCUT2D eigenvalue weighted by atomic mass is 10.2. The van der Waals surface area contributed by atoms with Gasteiger partial charge in [-0.1, -0.05) is 6.07 Å². The van der Waals surface area contributed by atoms with E-state index in [0.717, 1.165) is 0 Å². The number of rotatable bonds is 8. The number of aromatic nitrogens is 1. The molecular weight excluding hydrogens is 392 g/mol. The zero-order valence-corrected chi connectivity index (χ0v) is 15.6. The molecule has 1 unspecified atom stereocenters. The van der Waals surface area contributed by atoms with Gasteiger partial charge in [-0.3, -0.25) is 9.78 Å². The first-order valence-electron chi connectivity index (χ1n) is 9.05. The molecule has 1 heterocycles. The number of nitrogens with one attached hydrogen (secondary N) is 1. The van der Waals surface area contributed by atoms with Gasteiger partial charge in [-0.25, -0.2) is 4.39 Å². The van der Waals surface area contributed by atoms with E-state index >= 15 is 0 Å². The molecule has 0 saturated heterocycles. The molecule has 9 heteroatoms. The Balaban J connectivity index is 1.43. The Kier molecular flexibility index (Phi) is 6.24. The van der Waals surface area contributed by atoms with Crippen LogP contribution in [-0.4, -0.2) is 30.3 Å². The van der Waals surface area contributed by atoms with Crippen LogP contribution >= 0.6 is 0 Å². The molecule has 0 aliphatic heterocycles. The van der Waals surface area contributed by atoms with Crippen molar-refractivity contribution in [2.75, 3.05) is 13.2 Å². The number of carbonyl (C=O) groups is 1. The molecule has 1 amide bonds. The largest absolute Gasteiger partial charge is 0.493 e. The zero-order chi connectivity index (χ0) is 21.0. The number of alkyl halides is 3. The maximum Gasteiger partial charge on any atom is 0.422 e. The first-order valence-corrected chi connectivity index (χ1v) is 9.05. The molecule has 1 aliphatic rings. The van der Waals surface area contributed by atoms with Gasteiger partial charge in [-0.05, 0) is 37.6 Å². The van der Waals surface area contributed by atoms with Crippen LogP contribution in [0.25, 0.3) is 0 Å². The van der Waals surface area contributed by atoms with Gasteiger partial charge >= 0.3 is 6.18 Å². The number of hydrogen-bond donors (Lipinski definition) is 1. The Labute approximate surface area is 165 Å². The van der Waals surface area contributed by atoms with Crippen LogP contribution in [-0.2, 0) is 4.79 Å². The van der Waals surface area contributed by atoms with Crippen molar-refractivity contribution >= 4 is 5.91 Å². The summed E-state index contributed by atoms with van der Waals surface area (Å²) in [6.07, 6.45) is -2.55. The number of ether oxygens (including phenoxy) is 2. The van der Waals surface area contributed by atoms with Gasteiger partial charge in [-0.2, -0.15) is 13.2 Å². The summed E-state index contributed by atoms with van der Waals surface area (Å²) in [5.74, 6) is -0.256.